The molecule has 0 aliphatic carbocycles. The number of rotatable bonds is 8. The molecule has 1 amide bonds. The van der Waals surface area contributed by atoms with Crippen LogP contribution in [0.15, 0.2) is 41.8 Å². The normalized spacial score (nSPS) is 12.3. The first-order valence-corrected chi connectivity index (χ1v) is 9.07. The largest absolute Gasteiger partial charge is 0.344 e. The highest BCUT2D eigenvalue weighted by molar-refractivity contribution is 7.10. The lowest BCUT2D eigenvalue weighted by Crippen LogP contribution is -2.29. The van der Waals surface area contributed by atoms with Gasteiger partial charge in [-0.3, -0.25) is 4.79 Å². The predicted octanol–water partition coefficient (Wildman–Crippen LogP) is 4.08. The van der Waals surface area contributed by atoms with Gasteiger partial charge in [-0.15, -0.1) is 11.3 Å². The minimum absolute atomic E-state index is 0.0571. The molecule has 1 heterocycles. The number of carbonyl (C=O) groups excluding carboxylic acids is 1. The second-order valence-electron chi connectivity index (χ2n) is 6.04. The summed E-state index contributed by atoms with van der Waals surface area (Å²) < 4.78 is 0. The molecule has 4 heteroatoms. The monoisotopic (exact) mass is 330 g/mol. The second-order valence-corrected chi connectivity index (χ2v) is 7.02. The van der Waals surface area contributed by atoms with Crippen LogP contribution >= 0.6 is 11.3 Å². The Labute approximate surface area is 143 Å². The van der Waals surface area contributed by atoms with Crippen LogP contribution in [0.5, 0.6) is 0 Å². The zero-order valence-corrected chi connectivity index (χ0v) is 15.0. The number of thiophene rings is 1. The van der Waals surface area contributed by atoms with Gasteiger partial charge >= 0.3 is 0 Å². The number of nitrogens with one attached hydrogen (secondary N) is 2. The third-order valence-electron chi connectivity index (χ3n) is 3.90. The van der Waals surface area contributed by atoms with Crippen LogP contribution in [0, 0.1) is 0 Å². The molecule has 1 aromatic carbocycles. The molecule has 0 fully saturated rings. The van der Waals surface area contributed by atoms with Gasteiger partial charge in [0.25, 0.3) is 0 Å². The molecule has 124 valence electrons. The van der Waals surface area contributed by atoms with Gasteiger partial charge in [0.05, 0.1) is 6.04 Å². The Kier molecular flexibility index (Phi) is 6.81. The summed E-state index contributed by atoms with van der Waals surface area (Å²) in [5.74, 6) is 0.618. The molecule has 1 atom stereocenters. The third kappa shape index (κ3) is 5.19. The summed E-state index contributed by atoms with van der Waals surface area (Å²) in [7, 11) is 1.91. The minimum Gasteiger partial charge on any atom is -0.344 e. The van der Waals surface area contributed by atoms with Gasteiger partial charge in [-0.2, -0.15) is 0 Å². The van der Waals surface area contributed by atoms with Gasteiger partial charge in [0.2, 0.25) is 5.91 Å². The van der Waals surface area contributed by atoms with Gasteiger partial charge in [-0.25, -0.2) is 0 Å². The molecule has 0 radical (unpaired) electrons. The molecule has 2 rings (SSSR count). The number of benzene rings is 1. The standard InChI is InChI=1S/C19H26N2OS/c1-14(2)15-8-10-16(11-9-15)19(17-6-5-13-23-17)21-18(22)7-4-12-20-3/h5-6,8-11,13-14,19-20H,4,7,12H2,1-3H3,(H,21,22). The first-order chi connectivity index (χ1) is 11.1. The Hall–Kier alpha value is -1.65. The quantitative estimate of drug-likeness (QED) is 0.716. The van der Waals surface area contributed by atoms with Crippen LogP contribution in [0.1, 0.15) is 54.7 Å². The van der Waals surface area contributed by atoms with Crippen LogP contribution in [0.2, 0.25) is 0 Å². The van der Waals surface area contributed by atoms with Crippen molar-refractivity contribution in [3.05, 3.63) is 57.8 Å². The molecule has 1 aromatic heterocycles. The Morgan fingerprint density at radius 1 is 1.13 bits per heavy atom. The fourth-order valence-electron chi connectivity index (χ4n) is 2.51. The highest BCUT2D eigenvalue weighted by Crippen LogP contribution is 2.27. The average Bonchev–Trinajstić information content (AvgIpc) is 3.07. The van der Waals surface area contributed by atoms with Crippen LogP contribution in [0.4, 0.5) is 0 Å². The number of carbonyl (C=O) groups is 1. The fraction of sp³-hybridized carbons (Fsp3) is 0.421. The van der Waals surface area contributed by atoms with E-state index in [1.165, 1.54) is 10.4 Å². The highest BCUT2D eigenvalue weighted by atomic mass is 32.1. The lowest BCUT2D eigenvalue weighted by atomic mass is 9.98. The molecule has 2 aromatic rings. The molecule has 0 aliphatic heterocycles. The van der Waals surface area contributed by atoms with Crippen molar-refractivity contribution in [2.45, 2.75) is 38.6 Å². The van der Waals surface area contributed by atoms with Gasteiger partial charge in [0, 0.05) is 11.3 Å². The molecule has 0 saturated heterocycles. The lowest BCUT2D eigenvalue weighted by molar-refractivity contribution is -0.121. The summed E-state index contributed by atoms with van der Waals surface area (Å²) in [6.07, 6.45) is 1.40. The van der Waals surface area contributed by atoms with Crippen molar-refractivity contribution in [2.24, 2.45) is 0 Å². The van der Waals surface area contributed by atoms with Crippen molar-refractivity contribution < 1.29 is 4.79 Å². The van der Waals surface area contributed by atoms with E-state index in [0.29, 0.717) is 12.3 Å². The third-order valence-corrected chi connectivity index (χ3v) is 4.84. The van der Waals surface area contributed by atoms with E-state index in [0.717, 1.165) is 18.5 Å². The maximum atomic E-state index is 12.2. The summed E-state index contributed by atoms with van der Waals surface area (Å²) in [5, 5.41) is 8.32. The Morgan fingerprint density at radius 2 is 1.83 bits per heavy atom. The van der Waals surface area contributed by atoms with E-state index in [1.807, 2.05) is 13.1 Å². The molecular formula is C19H26N2OS. The molecule has 3 nitrogen and oxygen atoms in total. The van der Waals surface area contributed by atoms with E-state index in [9.17, 15) is 4.79 Å². The molecule has 2 N–H and O–H groups in total. The van der Waals surface area contributed by atoms with E-state index in [1.54, 1.807) is 11.3 Å². The van der Waals surface area contributed by atoms with Crippen LogP contribution in [-0.2, 0) is 4.79 Å². The van der Waals surface area contributed by atoms with Crippen molar-refractivity contribution in [2.75, 3.05) is 13.6 Å². The van der Waals surface area contributed by atoms with Gasteiger partial charge < -0.3 is 10.6 Å². The highest BCUT2D eigenvalue weighted by Gasteiger charge is 2.17. The summed E-state index contributed by atoms with van der Waals surface area (Å²) in [5.41, 5.74) is 2.46. The summed E-state index contributed by atoms with van der Waals surface area (Å²) >= 11 is 1.68. The van der Waals surface area contributed by atoms with Crippen molar-refractivity contribution in [3.63, 3.8) is 0 Å². The van der Waals surface area contributed by atoms with Crippen LogP contribution in [0.25, 0.3) is 0 Å². The maximum absolute atomic E-state index is 12.2. The maximum Gasteiger partial charge on any atom is 0.220 e. The Bertz CT molecular complexity index is 590. The fourth-order valence-corrected chi connectivity index (χ4v) is 3.31. The molecule has 0 aliphatic rings. The predicted molar refractivity (Wildman–Crippen MR) is 98.0 cm³/mol. The van der Waals surface area contributed by atoms with E-state index in [4.69, 9.17) is 0 Å². The van der Waals surface area contributed by atoms with E-state index in [2.05, 4.69) is 60.2 Å². The number of hydrogen-bond donors (Lipinski definition) is 2. The summed E-state index contributed by atoms with van der Waals surface area (Å²) in [4.78, 5) is 13.4. The van der Waals surface area contributed by atoms with Crippen molar-refractivity contribution >= 4 is 17.2 Å². The zero-order valence-electron chi connectivity index (χ0n) is 14.1. The average molecular weight is 330 g/mol. The number of hydrogen-bond acceptors (Lipinski definition) is 3. The van der Waals surface area contributed by atoms with E-state index in [-0.39, 0.29) is 11.9 Å². The first-order valence-electron chi connectivity index (χ1n) is 8.19. The lowest BCUT2D eigenvalue weighted by Gasteiger charge is -2.19. The molecule has 0 saturated carbocycles. The van der Waals surface area contributed by atoms with Crippen LogP contribution < -0.4 is 10.6 Å². The van der Waals surface area contributed by atoms with Crippen molar-refractivity contribution in [1.29, 1.82) is 0 Å². The van der Waals surface area contributed by atoms with E-state index < -0.39 is 0 Å². The van der Waals surface area contributed by atoms with Gasteiger partial charge in [0.15, 0.2) is 0 Å². The zero-order chi connectivity index (χ0) is 16.7. The minimum atomic E-state index is -0.0571. The Morgan fingerprint density at radius 3 is 2.39 bits per heavy atom. The number of amides is 1. The first kappa shape index (κ1) is 17.7. The Balaban J connectivity index is 2.13. The van der Waals surface area contributed by atoms with Gasteiger partial charge in [-0.05, 0) is 48.5 Å². The molecular weight excluding hydrogens is 304 g/mol. The molecule has 0 bridgehead atoms. The van der Waals surface area contributed by atoms with Crippen LogP contribution in [-0.4, -0.2) is 19.5 Å². The van der Waals surface area contributed by atoms with Crippen LogP contribution in [0.3, 0.4) is 0 Å². The van der Waals surface area contributed by atoms with Crippen molar-refractivity contribution in [1.82, 2.24) is 10.6 Å². The molecule has 0 spiro atoms. The topological polar surface area (TPSA) is 41.1 Å². The van der Waals surface area contributed by atoms with Gasteiger partial charge in [-0.1, -0.05) is 44.2 Å². The second kappa shape index (κ2) is 8.85. The summed E-state index contributed by atoms with van der Waals surface area (Å²) in [6, 6.07) is 12.6. The van der Waals surface area contributed by atoms with Crippen molar-refractivity contribution in [3.8, 4) is 0 Å². The SMILES string of the molecule is CNCCCC(=O)NC(c1ccc(C(C)C)cc1)c1cccs1. The molecule has 23 heavy (non-hydrogen) atoms. The van der Waals surface area contributed by atoms with E-state index >= 15 is 0 Å². The molecule has 1 unspecified atom stereocenters. The summed E-state index contributed by atoms with van der Waals surface area (Å²) in [6.45, 7) is 5.24. The smallest absolute Gasteiger partial charge is 0.220 e. The van der Waals surface area contributed by atoms with Gasteiger partial charge in [0.1, 0.15) is 0 Å².